The third kappa shape index (κ3) is 7.19. The highest BCUT2D eigenvalue weighted by atomic mass is 16.5. The van der Waals surface area contributed by atoms with Gasteiger partial charge in [-0.15, -0.1) is 0 Å². The van der Waals surface area contributed by atoms with E-state index in [9.17, 15) is 9.59 Å². The number of aliphatic carboxylic acids is 1. The van der Waals surface area contributed by atoms with Crippen molar-refractivity contribution in [2.24, 2.45) is 0 Å². The van der Waals surface area contributed by atoms with Crippen molar-refractivity contribution in [3.8, 4) is 0 Å². The molecular weight excluding hydrogens is 212 g/mol. The smallest absolute Gasteiger partial charge is 0.326 e. The van der Waals surface area contributed by atoms with Crippen LogP contribution < -0.4 is 10.6 Å². The van der Waals surface area contributed by atoms with Gasteiger partial charge in [-0.05, 0) is 6.42 Å². The van der Waals surface area contributed by atoms with Crippen molar-refractivity contribution in [3.05, 3.63) is 0 Å². The van der Waals surface area contributed by atoms with E-state index < -0.39 is 12.0 Å². The Labute approximate surface area is 95.4 Å². The van der Waals surface area contributed by atoms with Gasteiger partial charge in [0.15, 0.2) is 0 Å². The molecule has 0 saturated heterocycles. The Hall–Kier alpha value is -1.14. The van der Waals surface area contributed by atoms with Crippen molar-refractivity contribution in [1.82, 2.24) is 10.6 Å². The number of rotatable bonds is 9. The van der Waals surface area contributed by atoms with Crippen LogP contribution in [0.4, 0.5) is 0 Å². The van der Waals surface area contributed by atoms with E-state index in [1.165, 1.54) is 0 Å². The molecule has 0 spiro atoms. The fraction of sp³-hybridized carbons (Fsp3) is 0.800. The normalized spacial score (nSPS) is 12.1. The van der Waals surface area contributed by atoms with Crippen LogP contribution in [-0.4, -0.2) is 49.8 Å². The molecule has 0 aliphatic carbocycles. The zero-order valence-electron chi connectivity index (χ0n) is 9.78. The molecule has 0 aromatic rings. The molecule has 6 heteroatoms. The van der Waals surface area contributed by atoms with Gasteiger partial charge in [0.2, 0.25) is 5.91 Å². The number of methoxy groups -OCH3 is 1. The molecule has 3 N–H and O–H groups in total. The van der Waals surface area contributed by atoms with Crippen molar-refractivity contribution < 1.29 is 19.4 Å². The predicted octanol–water partition coefficient (Wildman–Crippen LogP) is -0.408. The Morgan fingerprint density at radius 2 is 2.12 bits per heavy atom. The van der Waals surface area contributed by atoms with E-state index >= 15 is 0 Å². The zero-order chi connectivity index (χ0) is 12.4. The Balaban J connectivity index is 3.77. The number of hydrogen-bond donors (Lipinski definition) is 3. The molecular formula is C10H20N2O4. The number of carbonyl (C=O) groups is 2. The first-order valence-corrected chi connectivity index (χ1v) is 5.33. The zero-order valence-corrected chi connectivity index (χ0v) is 9.78. The third-order valence-corrected chi connectivity index (χ3v) is 1.98. The van der Waals surface area contributed by atoms with Gasteiger partial charge in [-0.3, -0.25) is 4.79 Å². The summed E-state index contributed by atoms with van der Waals surface area (Å²) in [6, 6.07) is -0.790. The van der Waals surface area contributed by atoms with Gasteiger partial charge >= 0.3 is 5.97 Å². The van der Waals surface area contributed by atoms with Gasteiger partial charge in [0.05, 0.1) is 13.2 Å². The molecule has 0 heterocycles. The maximum absolute atomic E-state index is 11.3. The topological polar surface area (TPSA) is 87.7 Å². The van der Waals surface area contributed by atoms with Crippen LogP contribution in [0.5, 0.6) is 0 Å². The molecule has 94 valence electrons. The third-order valence-electron chi connectivity index (χ3n) is 1.98. The number of hydrogen-bond acceptors (Lipinski definition) is 4. The van der Waals surface area contributed by atoms with Crippen molar-refractivity contribution in [2.45, 2.75) is 25.8 Å². The minimum absolute atomic E-state index is 0.108. The van der Waals surface area contributed by atoms with E-state index in [-0.39, 0.29) is 12.5 Å². The van der Waals surface area contributed by atoms with Crippen LogP contribution in [0.25, 0.3) is 0 Å². The second-order valence-corrected chi connectivity index (χ2v) is 3.42. The molecule has 0 fully saturated rings. The average Bonchev–Trinajstić information content (AvgIpc) is 2.23. The number of nitrogens with one attached hydrogen (secondary N) is 2. The van der Waals surface area contributed by atoms with Crippen LogP contribution in [0.1, 0.15) is 19.8 Å². The van der Waals surface area contributed by atoms with E-state index in [0.29, 0.717) is 26.0 Å². The summed E-state index contributed by atoms with van der Waals surface area (Å²) in [4.78, 5) is 22.1. The molecule has 16 heavy (non-hydrogen) atoms. The molecule has 1 unspecified atom stereocenters. The van der Waals surface area contributed by atoms with Gasteiger partial charge in [0, 0.05) is 13.7 Å². The monoisotopic (exact) mass is 232 g/mol. The van der Waals surface area contributed by atoms with Crippen LogP contribution in [0, 0.1) is 0 Å². The van der Waals surface area contributed by atoms with Crippen LogP contribution in [0.2, 0.25) is 0 Å². The number of carboxylic acids is 1. The highest BCUT2D eigenvalue weighted by molar-refractivity contribution is 5.84. The summed E-state index contributed by atoms with van der Waals surface area (Å²) in [7, 11) is 1.57. The minimum atomic E-state index is -0.993. The van der Waals surface area contributed by atoms with Crippen LogP contribution in [0.3, 0.4) is 0 Å². The highest BCUT2D eigenvalue weighted by Gasteiger charge is 2.17. The van der Waals surface area contributed by atoms with E-state index in [1.54, 1.807) is 7.11 Å². The Morgan fingerprint density at radius 3 is 2.62 bits per heavy atom. The first kappa shape index (κ1) is 14.9. The molecule has 0 aliphatic heterocycles. The quantitative estimate of drug-likeness (QED) is 0.470. The maximum atomic E-state index is 11.3. The summed E-state index contributed by atoms with van der Waals surface area (Å²) in [5.41, 5.74) is 0. The van der Waals surface area contributed by atoms with Gasteiger partial charge < -0.3 is 20.5 Å². The molecule has 0 radical (unpaired) electrons. The number of ether oxygens (including phenoxy) is 1. The molecule has 0 aromatic carbocycles. The van der Waals surface area contributed by atoms with Crippen molar-refractivity contribution in [3.63, 3.8) is 0 Å². The standard InChI is InChI=1S/C10H20N2O4/c1-3-4-8(10(14)15)12-9(13)7-11-5-6-16-2/h8,11H,3-7H2,1-2H3,(H,12,13)(H,14,15). The summed E-state index contributed by atoms with van der Waals surface area (Å²) in [6.07, 6.45) is 1.16. The minimum Gasteiger partial charge on any atom is -0.480 e. The first-order valence-electron chi connectivity index (χ1n) is 5.33. The van der Waals surface area contributed by atoms with Crippen LogP contribution in [-0.2, 0) is 14.3 Å². The lowest BCUT2D eigenvalue weighted by molar-refractivity contribution is -0.141. The fourth-order valence-electron chi connectivity index (χ4n) is 1.17. The van der Waals surface area contributed by atoms with E-state index in [2.05, 4.69) is 10.6 Å². The lowest BCUT2D eigenvalue weighted by atomic mass is 10.1. The lowest BCUT2D eigenvalue weighted by Gasteiger charge is -2.13. The maximum Gasteiger partial charge on any atom is 0.326 e. The molecule has 0 aromatic heterocycles. The molecule has 1 atom stereocenters. The molecule has 0 bridgehead atoms. The number of carboxylic acid groups (broad SMARTS) is 1. The largest absolute Gasteiger partial charge is 0.480 e. The van der Waals surface area contributed by atoms with E-state index in [0.717, 1.165) is 0 Å². The number of carbonyl (C=O) groups excluding carboxylic acids is 1. The second-order valence-electron chi connectivity index (χ2n) is 3.42. The van der Waals surface area contributed by atoms with Gasteiger partial charge in [-0.2, -0.15) is 0 Å². The van der Waals surface area contributed by atoms with Gasteiger partial charge in [-0.1, -0.05) is 13.3 Å². The van der Waals surface area contributed by atoms with Gasteiger partial charge in [-0.25, -0.2) is 4.79 Å². The molecule has 6 nitrogen and oxygen atoms in total. The SMILES string of the molecule is CCCC(NC(=O)CNCCOC)C(=O)O. The fourth-order valence-corrected chi connectivity index (χ4v) is 1.17. The first-order chi connectivity index (χ1) is 7.61. The summed E-state index contributed by atoms with van der Waals surface area (Å²) in [5.74, 6) is -1.30. The van der Waals surface area contributed by atoms with Gasteiger partial charge in [0.1, 0.15) is 6.04 Å². The molecule has 1 amide bonds. The second kappa shape index (κ2) is 9.11. The summed E-state index contributed by atoms with van der Waals surface area (Å²) in [6.45, 7) is 3.07. The molecule has 0 aliphatic rings. The number of amides is 1. The highest BCUT2D eigenvalue weighted by Crippen LogP contribution is 1.96. The summed E-state index contributed by atoms with van der Waals surface area (Å²) >= 11 is 0. The summed E-state index contributed by atoms with van der Waals surface area (Å²) in [5, 5.41) is 14.1. The Kier molecular flexibility index (Phi) is 8.46. The van der Waals surface area contributed by atoms with Crippen LogP contribution >= 0.6 is 0 Å². The molecule has 0 saturated carbocycles. The van der Waals surface area contributed by atoms with Crippen LogP contribution in [0.15, 0.2) is 0 Å². The van der Waals surface area contributed by atoms with Crippen molar-refractivity contribution in [2.75, 3.05) is 26.8 Å². The summed E-state index contributed by atoms with van der Waals surface area (Å²) < 4.78 is 4.79. The van der Waals surface area contributed by atoms with Gasteiger partial charge in [0.25, 0.3) is 0 Å². The lowest BCUT2D eigenvalue weighted by Crippen LogP contribution is -2.44. The van der Waals surface area contributed by atoms with Crippen molar-refractivity contribution >= 4 is 11.9 Å². The van der Waals surface area contributed by atoms with E-state index in [4.69, 9.17) is 9.84 Å². The Bertz CT molecular complexity index is 221. The van der Waals surface area contributed by atoms with Crippen molar-refractivity contribution in [1.29, 1.82) is 0 Å². The predicted molar refractivity (Wildman–Crippen MR) is 59.2 cm³/mol. The van der Waals surface area contributed by atoms with E-state index in [1.807, 2.05) is 6.92 Å². The molecule has 0 rings (SSSR count). The average molecular weight is 232 g/mol. The Morgan fingerprint density at radius 1 is 1.44 bits per heavy atom.